The van der Waals surface area contributed by atoms with Gasteiger partial charge in [0.05, 0.1) is 0 Å². The molecule has 0 amide bonds. The largest absolute Gasteiger partial charge is 0.353 e. The van der Waals surface area contributed by atoms with E-state index in [4.69, 9.17) is 0 Å². The Bertz CT molecular complexity index is 102. The molecule has 2 nitrogen and oxygen atoms in total. The zero-order chi connectivity index (χ0) is 5.86. The molecule has 0 aromatic heterocycles. The fourth-order valence-corrected chi connectivity index (χ4v) is 0.169. The average Bonchev–Trinajstić information content (AvgIpc) is 1.65. The maximum Gasteiger partial charge on any atom is 0.353 e. The van der Waals surface area contributed by atoms with Crippen molar-refractivity contribution in [3.05, 3.63) is 0 Å². The van der Waals surface area contributed by atoms with Crippen LogP contribution >= 0.6 is 7.68 Å². The van der Waals surface area contributed by atoms with Gasteiger partial charge in [0.2, 0.25) is 5.91 Å². The second kappa shape index (κ2) is 2.86. The van der Waals surface area contributed by atoms with E-state index in [2.05, 4.69) is 0 Å². The Kier molecular flexibility index (Phi) is 2.76. The number of rotatable bonds is 2. The fraction of sp³-hybridized carbons (Fsp3) is 1.00. The third kappa shape index (κ3) is 2.45. The summed E-state index contributed by atoms with van der Waals surface area (Å²) in [6.07, 6.45) is 0. The molecule has 0 saturated carbocycles. The van der Waals surface area contributed by atoms with Crippen molar-refractivity contribution < 1.29 is 17.9 Å². The minimum Gasteiger partial charge on any atom is -0.247 e. The predicted octanol–water partition coefficient (Wildman–Crippen LogP) is 1.42. The van der Waals surface area contributed by atoms with Crippen molar-refractivity contribution in [3.8, 4) is 0 Å². The van der Waals surface area contributed by atoms with E-state index in [-0.39, 0.29) is 0 Å². The van der Waals surface area contributed by atoms with E-state index in [1.54, 1.807) is 0 Å². The lowest BCUT2D eigenvalue weighted by molar-refractivity contribution is 0.325. The number of alkyl halides is 2. The lowest BCUT2D eigenvalue weighted by atomic mass is 10.9. The molecule has 7 heavy (non-hydrogen) atoms. The van der Waals surface area contributed by atoms with E-state index >= 15 is 0 Å². The monoisotopic (exact) mass is 128 g/mol. The van der Waals surface area contributed by atoms with Crippen LogP contribution in [0.5, 0.6) is 0 Å². The Morgan fingerprint density at radius 1 is 1.57 bits per heavy atom. The molecule has 0 rings (SSSR count). The van der Waals surface area contributed by atoms with E-state index < -0.39 is 20.3 Å². The van der Waals surface area contributed by atoms with Crippen LogP contribution < -0.4 is 0 Å². The molecular formula is C2H3F2O2P. The summed E-state index contributed by atoms with van der Waals surface area (Å²) in [7, 11) is -3.20. The van der Waals surface area contributed by atoms with Gasteiger partial charge in [-0.15, -0.1) is 0 Å². The summed E-state index contributed by atoms with van der Waals surface area (Å²) in [5.74, 6) is -2.31. The first-order valence-corrected chi connectivity index (χ1v) is 2.76. The van der Waals surface area contributed by atoms with Crippen molar-refractivity contribution in [1.29, 1.82) is 0 Å². The Morgan fingerprint density at radius 3 is 2.00 bits per heavy atom. The topological polar surface area (TPSA) is 34.1 Å². The van der Waals surface area contributed by atoms with Gasteiger partial charge in [0.25, 0.3) is 0 Å². The van der Waals surface area contributed by atoms with Crippen molar-refractivity contribution in [2.45, 2.75) is 5.91 Å². The van der Waals surface area contributed by atoms with Gasteiger partial charge >= 0.3 is 7.68 Å². The molecular weight excluding hydrogens is 125 g/mol. The molecule has 42 valence electrons. The number of hydrogen-bond acceptors (Lipinski definition) is 2. The fourth-order valence-electron chi connectivity index (χ4n) is 0.0563. The lowest BCUT2D eigenvalue weighted by Crippen LogP contribution is -1.89. The third-order valence-corrected chi connectivity index (χ3v) is 0.952. The Balaban J connectivity index is 3.57. The molecule has 0 heterocycles. The van der Waals surface area contributed by atoms with Crippen molar-refractivity contribution in [2.75, 3.05) is 6.67 Å². The van der Waals surface area contributed by atoms with Crippen LogP contribution in [-0.4, -0.2) is 12.6 Å². The maximum absolute atomic E-state index is 11.3. The Hall–Kier alpha value is -0.240. The summed E-state index contributed by atoms with van der Waals surface area (Å²) >= 11 is 0. The van der Waals surface area contributed by atoms with Gasteiger partial charge in [-0.05, 0) is 0 Å². The SMILES string of the molecule is O=P(=O)C(F)CF. The first-order chi connectivity index (χ1) is 3.18. The molecule has 0 bridgehead atoms. The second-order valence-corrected chi connectivity index (χ2v) is 2.01. The molecule has 0 aliphatic carbocycles. The van der Waals surface area contributed by atoms with Gasteiger partial charge in [-0.2, -0.15) is 0 Å². The lowest BCUT2D eigenvalue weighted by Gasteiger charge is -1.81. The molecule has 5 heteroatoms. The summed E-state index contributed by atoms with van der Waals surface area (Å²) in [5, 5.41) is 0. The molecule has 0 radical (unpaired) electrons. The van der Waals surface area contributed by atoms with E-state index in [1.165, 1.54) is 0 Å². The Morgan fingerprint density at radius 2 is 2.00 bits per heavy atom. The van der Waals surface area contributed by atoms with Crippen LogP contribution in [0.25, 0.3) is 0 Å². The van der Waals surface area contributed by atoms with Crippen LogP contribution in [-0.2, 0) is 9.13 Å². The summed E-state index contributed by atoms with van der Waals surface area (Å²) < 4.78 is 40.9. The highest BCUT2D eigenvalue weighted by Gasteiger charge is 2.09. The van der Waals surface area contributed by atoms with E-state index in [0.717, 1.165) is 0 Å². The molecule has 0 aromatic rings. The van der Waals surface area contributed by atoms with Crippen molar-refractivity contribution in [3.63, 3.8) is 0 Å². The summed E-state index contributed by atoms with van der Waals surface area (Å²) in [5.41, 5.74) is 0. The first kappa shape index (κ1) is 6.76. The zero-order valence-electron chi connectivity index (χ0n) is 3.30. The van der Waals surface area contributed by atoms with Crippen molar-refractivity contribution in [1.82, 2.24) is 0 Å². The molecule has 1 atom stereocenters. The highest BCUT2D eigenvalue weighted by molar-refractivity contribution is 7.31. The van der Waals surface area contributed by atoms with E-state index in [9.17, 15) is 17.9 Å². The van der Waals surface area contributed by atoms with E-state index in [0.29, 0.717) is 0 Å². The van der Waals surface area contributed by atoms with Gasteiger partial charge in [0.15, 0.2) is 0 Å². The summed E-state index contributed by atoms with van der Waals surface area (Å²) in [6, 6.07) is 0. The highest BCUT2D eigenvalue weighted by atomic mass is 31.1. The van der Waals surface area contributed by atoms with Crippen LogP contribution in [0.15, 0.2) is 0 Å². The predicted molar refractivity (Wildman–Crippen MR) is 19.2 cm³/mol. The van der Waals surface area contributed by atoms with Gasteiger partial charge in [0.1, 0.15) is 6.67 Å². The smallest absolute Gasteiger partial charge is 0.247 e. The molecule has 0 N–H and O–H groups in total. The summed E-state index contributed by atoms with van der Waals surface area (Å²) in [4.78, 5) is 0. The van der Waals surface area contributed by atoms with Crippen LogP contribution in [0.3, 0.4) is 0 Å². The van der Waals surface area contributed by atoms with Crippen molar-refractivity contribution >= 4 is 7.68 Å². The maximum atomic E-state index is 11.3. The minimum absolute atomic E-state index is 1.45. The molecule has 0 aliphatic heterocycles. The van der Waals surface area contributed by atoms with Crippen LogP contribution in [0.1, 0.15) is 0 Å². The van der Waals surface area contributed by atoms with E-state index in [1.807, 2.05) is 0 Å². The molecule has 0 aliphatic rings. The average molecular weight is 128 g/mol. The first-order valence-electron chi connectivity index (χ1n) is 1.52. The third-order valence-electron chi connectivity index (χ3n) is 0.356. The molecule has 0 spiro atoms. The summed E-state index contributed by atoms with van der Waals surface area (Å²) in [6.45, 7) is -1.45. The highest BCUT2D eigenvalue weighted by Crippen LogP contribution is 2.14. The van der Waals surface area contributed by atoms with Gasteiger partial charge < -0.3 is 0 Å². The molecule has 0 aromatic carbocycles. The minimum atomic E-state index is -3.20. The number of hydrogen-bond donors (Lipinski definition) is 0. The molecule has 0 saturated heterocycles. The van der Waals surface area contributed by atoms with Crippen LogP contribution in [0, 0.1) is 0 Å². The zero-order valence-corrected chi connectivity index (χ0v) is 4.20. The normalized spacial score (nSPS) is 13.4. The van der Waals surface area contributed by atoms with Crippen LogP contribution in [0.2, 0.25) is 0 Å². The van der Waals surface area contributed by atoms with Gasteiger partial charge in [0, 0.05) is 0 Å². The van der Waals surface area contributed by atoms with Gasteiger partial charge in [-0.1, -0.05) is 0 Å². The standard InChI is InChI=1S/C2H3F2O2P/c3-1-2(4)7(5)6/h2H,1H2. The number of halogens is 2. The van der Waals surface area contributed by atoms with Gasteiger partial charge in [-0.25, -0.2) is 17.9 Å². The Labute approximate surface area is 39.3 Å². The van der Waals surface area contributed by atoms with Crippen LogP contribution in [0.4, 0.5) is 8.78 Å². The van der Waals surface area contributed by atoms with Crippen molar-refractivity contribution in [2.24, 2.45) is 0 Å². The quantitative estimate of drug-likeness (QED) is 0.527. The van der Waals surface area contributed by atoms with Gasteiger partial charge in [-0.3, -0.25) is 0 Å². The molecule has 1 unspecified atom stereocenters. The molecule has 0 fully saturated rings. The second-order valence-electron chi connectivity index (χ2n) is 0.874.